The van der Waals surface area contributed by atoms with E-state index in [1.54, 1.807) is 6.20 Å². The highest BCUT2D eigenvalue weighted by Gasteiger charge is 2.38. The van der Waals surface area contributed by atoms with Crippen molar-refractivity contribution in [1.29, 1.82) is 0 Å². The molecule has 1 atom stereocenters. The molecule has 2 saturated heterocycles. The van der Waals surface area contributed by atoms with Crippen LogP contribution >= 0.6 is 0 Å². The molecule has 2 aromatic rings. The highest BCUT2D eigenvalue weighted by Crippen LogP contribution is 2.29. The molecule has 0 bridgehead atoms. The maximum absolute atomic E-state index is 13.3. The molecule has 1 amide bonds. The van der Waals surface area contributed by atoms with Gasteiger partial charge in [-0.05, 0) is 11.5 Å². The standard InChI is InChI=1S/C19H21F2N3O2/c20-19(21)6-9-23(10-7-19)18(25)16-13-24(11-12-26-16)17-15-4-2-1-3-14(15)5-8-22-17/h1-5,8,16H,6-7,9-13H2. The fourth-order valence-corrected chi connectivity index (χ4v) is 3.60. The molecular weight excluding hydrogens is 340 g/mol. The zero-order chi connectivity index (χ0) is 18.1. The van der Waals surface area contributed by atoms with Gasteiger partial charge in [0.15, 0.2) is 6.10 Å². The highest BCUT2D eigenvalue weighted by atomic mass is 19.3. The second-order valence-electron chi connectivity index (χ2n) is 6.84. The van der Waals surface area contributed by atoms with E-state index in [1.807, 2.05) is 35.2 Å². The van der Waals surface area contributed by atoms with Gasteiger partial charge in [-0.15, -0.1) is 0 Å². The first-order valence-corrected chi connectivity index (χ1v) is 8.90. The smallest absolute Gasteiger partial charge is 0.253 e. The van der Waals surface area contributed by atoms with Crippen molar-refractivity contribution in [3.63, 3.8) is 0 Å². The molecule has 2 aliphatic heterocycles. The van der Waals surface area contributed by atoms with Crippen molar-refractivity contribution in [1.82, 2.24) is 9.88 Å². The molecule has 0 spiro atoms. The van der Waals surface area contributed by atoms with Crippen LogP contribution in [0.3, 0.4) is 0 Å². The maximum atomic E-state index is 13.3. The minimum atomic E-state index is -2.66. The number of nitrogens with zero attached hydrogens (tertiary/aromatic N) is 3. The number of piperidine rings is 1. The Morgan fingerprint density at radius 2 is 1.92 bits per heavy atom. The number of amides is 1. The van der Waals surface area contributed by atoms with Crippen LogP contribution in [0.25, 0.3) is 10.8 Å². The van der Waals surface area contributed by atoms with Gasteiger partial charge in [-0.25, -0.2) is 13.8 Å². The molecule has 0 aliphatic carbocycles. The van der Waals surface area contributed by atoms with Gasteiger partial charge in [0.1, 0.15) is 5.82 Å². The predicted molar refractivity (Wildman–Crippen MR) is 94.5 cm³/mol. The number of rotatable bonds is 2. The van der Waals surface area contributed by atoms with Gasteiger partial charge in [0.25, 0.3) is 11.8 Å². The molecule has 2 aliphatic rings. The topological polar surface area (TPSA) is 45.7 Å². The number of hydrogen-bond donors (Lipinski definition) is 0. The van der Waals surface area contributed by atoms with Gasteiger partial charge < -0.3 is 14.5 Å². The van der Waals surface area contributed by atoms with Crippen molar-refractivity contribution in [2.45, 2.75) is 24.9 Å². The van der Waals surface area contributed by atoms with Crippen molar-refractivity contribution in [3.8, 4) is 0 Å². The third kappa shape index (κ3) is 3.35. The van der Waals surface area contributed by atoms with Crippen molar-refractivity contribution in [2.75, 3.05) is 37.7 Å². The van der Waals surface area contributed by atoms with Crippen LogP contribution < -0.4 is 4.90 Å². The number of benzene rings is 1. The molecular formula is C19H21F2N3O2. The number of fused-ring (bicyclic) bond motifs is 1. The van der Waals surface area contributed by atoms with E-state index in [1.165, 1.54) is 4.90 Å². The van der Waals surface area contributed by atoms with Gasteiger partial charge in [0.2, 0.25) is 0 Å². The van der Waals surface area contributed by atoms with Crippen LogP contribution in [0.4, 0.5) is 14.6 Å². The van der Waals surface area contributed by atoms with Crippen LogP contribution in [-0.2, 0) is 9.53 Å². The minimum absolute atomic E-state index is 0.0816. The Morgan fingerprint density at radius 3 is 2.73 bits per heavy atom. The zero-order valence-corrected chi connectivity index (χ0v) is 14.4. The number of anilines is 1. The van der Waals surface area contributed by atoms with Crippen LogP contribution in [0.15, 0.2) is 36.5 Å². The van der Waals surface area contributed by atoms with Gasteiger partial charge in [0.05, 0.1) is 13.2 Å². The van der Waals surface area contributed by atoms with Crippen molar-refractivity contribution < 1.29 is 18.3 Å². The monoisotopic (exact) mass is 361 g/mol. The number of likely N-dealkylation sites (tertiary alicyclic amines) is 1. The van der Waals surface area contributed by atoms with Crippen LogP contribution in [0, 0.1) is 0 Å². The van der Waals surface area contributed by atoms with Gasteiger partial charge in [-0.1, -0.05) is 24.3 Å². The summed E-state index contributed by atoms with van der Waals surface area (Å²) < 4.78 is 32.3. The average Bonchev–Trinajstić information content (AvgIpc) is 2.67. The van der Waals surface area contributed by atoms with Gasteiger partial charge >= 0.3 is 0 Å². The lowest BCUT2D eigenvalue weighted by molar-refractivity contribution is -0.150. The Kier molecular flexibility index (Phi) is 4.48. The molecule has 2 fully saturated rings. The molecule has 26 heavy (non-hydrogen) atoms. The average molecular weight is 361 g/mol. The van der Waals surface area contributed by atoms with E-state index in [0.29, 0.717) is 19.7 Å². The number of halogens is 2. The first-order valence-electron chi connectivity index (χ1n) is 8.90. The second-order valence-corrected chi connectivity index (χ2v) is 6.84. The molecule has 0 saturated carbocycles. The van der Waals surface area contributed by atoms with Crippen molar-refractivity contribution in [2.24, 2.45) is 0 Å². The molecule has 1 aromatic heterocycles. The summed E-state index contributed by atoms with van der Waals surface area (Å²) in [5.74, 6) is -2.04. The Labute approximate surface area is 150 Å². The minimum Gasteiger partial charge on any atom is -0.365 e. The Balaban J connectivity index is 1.50. The first-order chi connectivity index (χ1) is 12.5. The third-order valence-corrected chi connectivity index (χ3v) is 5.10. The summed E-state index contributed by atoms with van der Waals surface area (Å²) >= 11 is 0. The van der Waals surface area contributed by atoms with Crippen LogP contribution in [0.2, 0.25) is 0 Å². The number of carbonyl (C=O) groups is 1. The maximum Gasteiger partial charge on any atom is 0.253 e. The number of hydrogen-bond acceptors (Lipinski definition) is 4. The van der Waals surface area contributed by atoms with Crippen LogP contribution in [0.1, 0.15) is 12.8 Å². The van der Waals surface area contributed by atoms with E-state index < -0.39 is 12.0 Å². The molecule has 1 unspecified atom stereocenters. The number of carbonyl (C=O) groups excluding carboxylic acids is 1. The van der Waals surface area contributed by atoms with E-state index >= 15 is 0 Å². The summed E-state index contributed by atoms with van der Waals surface area (Å²) in [6.45, 7) is 1.59. The molecule has 4 rings (SSSR count). The molecule has 138 valence electrons. The Bertz CT molecular complexity index is 799. The van der Waals surface area contributed by atoms with Crippen molar-refractivity contribution in [3.05, 3.63) is 36.5 Å². The lowest BCUT2D eigenvalue weighted by Gasteiger charge is -2.38. The summed E-state index contributed by atoms with van der Waals surface area (Å²) in [5.41, 5.74) is 0. The fraction of sp³-hybridized carbons (Fsp3) is 0.474. The predicted octanol–water partition coefficient (Wildman–Crippen LogP) is 2.70. The largest absolute Gasteiger partial charge is 0.365 e. The van der Waals surface area contributed by atoms with E-state index in [2.05, 4.69) is 4.98 Å². The van der Waals surface area contributed by atoms with Gasteiger partial charge in [-0.2, -0.15) is 0 Å². The lowest BCUT2D eigenvalue weighted by atomic mass is 10.1. The first kappa shape index (κ1) is 17.1. The summed E-state index contributed by atoms with van der Waals surface area (Å²) in [6.07, 6.45) is 0.563. The summed E-state index contributed by atoms with van der Waals surface area (Å²) in [6, 6.07) is 9.93. The lowest BCUT2D eigenvalue weighted by Crippen LogP contribution is -2.53. The van der Waals surface area contributed by atoms with E-state index in [-0.39, 0.29) is 31.8 Å². The third-order valence-electron chi connectivity index (χ3n) is 5.10. The highest BCUT2D eigenvalue weighted by molar-refractivity contribution is 5.92. The normalized spacial score (nSPS) is 23.2. The Morgan fingerprint density at radius 1 is 1.15 bits per heavy atom. The van der Waals surface area contributed by atoms with Gasteiger partial charge in [0, 0.05) is 44.1 Å². The van der Waals surface area contributed by atoms with E-state index in [0.717, 1.165) is 16.6 Å². The second kappa shape index (κ2) is 6.79. The van der Waals surface area contributed by atoms with Crippen LogP contribution in [-0.4, -0.2) is 60.6 Å². The number of aromatic nitrogens is 1. The van der Waals surface area contributed by atoms with Crippen molar-refractivity contribution >= 4 is 22.5 Å². The molecule has 1 aromatic carbocycles. The number of ether oxygens (including phenoxy) is 1. The summed E-state index contributed by atoms with van der Waals surface area (Å²) in [5, 5.41) is 2.12. The van der Waals surface area contributed by atoms with Crippen LogP contribution in [0.5, 0.6) is 0 Å². The summed E-state index contributed by atoms with van der Waals surface area (Å²) in [4.78, 5) is 20.8. The molecule has 0 radical (unpaired) electrons. The number of alkyl halides is 2. The molecule has 0 N–H and O–H groups in total. The van der Waals surface area contributed by atoms with E-state index in [9.17, 15) is 13.6 Å². The fourth-order valence-electron chi connectivity index (χ4n) is 3.60. The number of pyridine rings is 1. The quantitative estimate of drug-likeness (QED) is 0.825. The molecule has 7 heteroatoms. The summed E-state index contributed by atoms with van der Waals surface area (Å²) in [7, 11) is 0. The van der Waals surface area contributed by atoms with Gasteiger partial charge in [-0.3, -0.25) is 4.79 Å². The Hall–Kier alpha value is -2.28. The molecule has 5 nitrogen and oxygen atoms in total. The van der Waals surface area contributed by atoms with E-state index in [4.69, 9.17) is 4.74 Å². The molecule has 3 heterocycles. The SMILES string of the molecule is O=C(C1CN(c2nccc3ccccc23)CCO1)N1CCC(F)(F)CC1. The number of morpholine rings is 1. The zero-order valence-electron chi connectivity index (χ0n) is 14.4.